The highest BCUT2D eigenvalue weighted by atomic mass is 16.2. The van der Waals surface area contributed by atoms with E-state index in [0.29, 0.717) is 6.54 Å². The van der Waals surface area contributed by atoms with Gasteiger partial charge in [-0.15, -0.1) is 0 Å². The molecule has 0 bridgehead atoms. The second-order valence-corrected chi connectivity index (χ2v) is 9.56. The van der Waals surface area contributed by atoms with Crippen LogP contribution in [0, 0.1) is 25.2 Å². The predicted octanol–water partition coefficient (Wildman–Crippen LogP) is 3.26. The van der Waals surface area contributed by atoms with E-state index in [9.17, 15) is 9.59 Å². The standard InChI is InChI=1S/C22H33N3O2/c1-15-10-16(2)12-17(11-15)23-20(27)18-13-22(18)6-8-25(9-7-22)14-19(26)24-21(3,4)5/h10-12,18H,6-9,13-14H2,1-5H3,(H,23,27)(H,24,26). The molecular weight excluding hydrogens is 338 g/mol. The summed E-state index contributed by atoms with van der Waals surface area (Å²) in [4.78, 5) is 27.0. The van der Waals surface area contributed by atoms with Gasteiger partial charge in [0.15, 0.2) is 0 Å². The first-order chi connectivity index (χ1) is 12.6. The molecule has 1 aromatic rings. The molecule has 0 aromatic heterocycles. The minimum absolute atomic E-state index is 0.0818. The van der Waals surface area contributed by atoms with Gasteiger partial charge in [0.05, 0.1) is 6.54 Å². The number of anilines is 1. The molecule has 1 spiro atoms. The largest absolute Gasteiger partial charge is 0.350 e. The number of amides is 2. The van der Waals surface area contributed by atoms with Crippen LogP contribution in [-0.4, -0.2) is 41.9 Å². The van der Waals surface area contributed by atoms with Crippen molar-refractivity contribution in [3.05, 3.63) is 29.3 Å². The van der Waals surface area contributed by atoms with Crippen LogP contribution in [0.25, 0.3) is 0 Å². The van der Waals surface area contributed by atoms with Crippen molar-refractivity contribution in [3.8, 4) is 0 Å². The number of nitrogens with zero attached hydrogens (tertiary/aromatic N) is 1. The molecule has 2 amide bonds. The van der Waals surface area contributed by atoms with E-state index in [0.717, 1.165) is 49.2 Å². The van der Waals surface area contributed by atoms with Gasteiger partial charge in [0, 0.05) is 17.1 Å². The van der Waals surface area contributed by atoms with Crippen LogP contribution in [0.2, 0.25) is 0 Å². The van der Waals surface area contributed by atoms with E-state index >= 15 is 0 Å². The van der Waals surface area contributed by atoms with Crippen LogP contribution < -0.4 is 10.6 Å². The number of hydrogen-bond donors (Lipinski definition) is 2. The summed E-state index contributed by atoms with van der Waals surface area (Å²) < 4.78 is 0. The molecule has 1 atom stereocenters. The van der Waals surface area contributed by atoms with Gasteiger partial charge in [-0.3, -0.25) is 14.5 Å². The van der Waals surface area contributed by atoms with Crippen molar-refractivity contribution < 1.29 is 9.59 Å². The van der Waals surface area contributed by atoms with Crippen molar-refractivity contribution in [1.82, 2.24) is 10.2 Å². The van der Waals surface area contributed by atoms with Crippen molar-refractivity contribution in [2.45, 2.75) is 59.4 Å². The Balaban J connectivity index is 1.48. The predicted molar refractivity (Wildman–Crippen MR) is 109 cm³/mol. The number of aryl methyl sites for hydroxylation is 2. The summed E-state index contributed by atoms with van der Waals surface area (Å²) in [5.41, 5.74) is 3.19. The van der Waals surface area contributed by atoms with Crippen LogP contribution in [0.1, 0.15) is 51.2 Å². The number of likely N-dealkylation sites (tertiary alicyclic amines) is 1. The van der Waals surface area contributed by atoms with E-state index in [1.807, 2.05) is 46.8 Å². The number of rotatable bonds is 4. The summed E-state index contributed by atoms with van der Waals surface area (Å²) >= 11 is 0. The molecular formula is C22H33N3O2. The number of carbonyl (C=O) groups is 2. The molecule has 0 radical (unpaired) electrons. The van der Waals surface area contributed by atoms with Crippen molar-refractivity contribution in [3.63, 3.8) is 0 Å². The first-order valence-corrected chi connectivity index (χ1v) is 9.99. The molecule has 1 saturated carbocycles. The Morgan fingerprint density at radius 1 is 1.11 bits per heavy atom. The first-order valence-electron chi connectivity index (χ1n) is 9.99. The van der Waals surface area contributed by atoms with Crippen molar-refractivity contribution in [1.29, 1.82) is 0 Å². The summed E-state index contributed by atoms with van der Waals surface area (Å²) in [6.07, 6.45) is 2.98. The molecule has 1 aliphatic carbocycles. The highest BCUT2D eigenvalue weighted by molar-refractivity contribution is 5.95. The fourth-order valence-corrected chi connectivity index (χ4v) is 4.36. The summed E-state index contributed by atoms with van der Waals surface area (Å²) in [6.45, 7) is 12.3. The van der Waals surface area contributed by atoms with Crippen LogP contribution in [0.5, 0.6) is 0 Å². The fraction of sp³-hybridized carbons (Fsp3) is 0.636. The first kappa shape index (κ1) is 19.9. The molecule has 1 aromatic carbocycles. The lowest BCUT2D eigenvalue weighted by Crippen LogP contribution is -2.47. The van der Waals surface area contributed by atoms with Gasteiger partial charge >= 0.3 is 0 Å². The average Bonchev–Trinajstić information content (AvgIpc) is 3.21. The van der Waals surface area contributed by atoms with Crippen LogP contribution in [0.4, 0.5) is 5.69 Å². The molecule has 1 unspecified atom stereocenters. The Morgan fingerprint density at radius 3 is 2.26 bits per heavy atom. The van der Waals surface area contributed by atoms with Crippen molar-refractivity contribution in [2.24, 2.45) is 11.3 Å². The third-order valence-corrected chi connectivity index (χ3v) is 5.73. The van der Waals surface area contributed by atoms with Gasteiger partial charge in [0.25, 0.3) is 0 Å². The van der Waals surface area contributed by atoms with Gasteiger partial charge in [-0.1, -0.05) is 6.07 Å². The molecule has 5 heteroatoms. The molecule has 148 valence electrons. The third kappa shape index (κ3) is 5.10. The average molecular weight is 372 g/mol. The zero-order valence-corrected chi connectivity index (χ0v) is 17.3. The molecule has 5 nitrogen and oxygen atoms in total. The SMILES string of the molecule is Cc1cc(C)cc(NC(=O)C2CC23CCN(CC(=O)NC(C)(C)C)CC3)c1. The van der Waals surface area contributed by atoms with Gasteiger partial charge in [-0.05, 0) is 95.6 Å². The second-order valence-electron chi connectivity index (χ2n) is 9.56. The quantitative estimate of drug-likeness (QED) is 0.854. The molecule has 1 heterocycles. The maximum atomic E-state index is 12.7. The lowest BCUT2D eigenvalue weighted by atomic mass is 9.90. The lowest BCUT2D eigenvalue weighted by Gasteiger charge is -2.33. The Hall–Kier alpha value is -1.88. The second kappa shape index (κ2) is 7.27. The molecule has 2 N–H and O–H groups in total. The van der Waals surface area contributed by atoms with E-state index in [-0.39, 0.29) is 28.7 Å². The van der Waals surface area contributed by atoms with E-state index in [4.69, 9.17) is 0 Å². The minimum Gasteiger partial charge on any atom is -0.350 e. The van der Waals surface area contributed by atoms with Gasteiger partial charge in [0.1, 0.15) is 0 Å². The van der Waals surface area contributed by atoms with E-state index in [1.165, 1.54) is 0 Å². The monoisotopic (exact) mass is 371 g/mol. The summed E-state index contributed by atoms with van der Waals surface area (Å²) in [6, 6.07) is 6.16. The Bertz CT molecular complexity index is 707. The smallest absolute Gasteiger partial charge is 0.234 e. The van der Waals surface area contributed by atoms with E-state index < -0.39 is 0 Å². The van der Waals surface area contributed by atoms with E-state index in [2.05, 4.69) is 21.6 Å². The molecule has 3 rings (SSSR count). The molecule has 27 heavy (non-hydrogen) atoms. The molecule has 2 fully saturated rings. The van der Waals surface area contributed by atoms with Crippen LogP contribution in [-0.2, 0) is 9.59 Å². The lowest BCUT2D eigenvalue weighted by molar-refractivity contribution is -0.124. The van der Waals surface area contributed by atoms with Gasteiger partial charge < -0.3 is 10.6 Å². The van der Waals surface area contributed by atoms with Crippen molar-refractivity contribution >= 4 is 17.5 Å². The zero-order valence-electron chi connectivity index (χ0n) is 17.3. The zero-order chi connectivity index (χ0) is 19.8. The Labute approximate surface area is 162 Å². The maximum Gasteiger partial charge on any atom is 0.234 e. The van der Waals surface area contributed by atoms with Crippen LogP contribution >= 0.6 is 0 Å². The molecule has 1 aliphatic heterocycles. The number of nitrogens with one attached hydrogen (secondary N) is 2. The Kier molecular flexibility index (Phi) is 5.35. The van der Waals surface area contributed by atoms with Crippen LogP contribution in [0.3, 0.4) is 0 Å². The number of carbonyl (C=O) groups excluding carboxylic acids is 2. The molecule has 1 saturated heterocycles. The van der Waals surface area contributed by atoms with Gasteiger partial charge in [-0.25, -0.2) is 0 Å². The summed E-state index contributed by atoms with van der Waals surface area (Å²) in [7, 11) is 0. The number of benzene rings is 1. The van der Waals surface area contributed by atoms with Gasteiger partial charge in [0.2, 0.25) is 11.8 Å². The normalized spacial score (nSPS) is 21.7. The highest BCUT2D eigenvalue weighted by Crippen LogP contribution is 2.59. The van der Waals surface area contributed by atoms with Crippen LogP contribution in [0.15, 0.2) is 18.2 Å². The van der Waals surface area contributed by atoms with Crippen molar-refractivity contribution in [2.75, 3.05) is 25.0 Å². The Morgan fingerprint density at radius 2 is 1.70 bits per heavy atom. The minimum atomic E-state index is -0.193. The third-order valence-electron chi connectivity index (χ3n) is 5.73. The van der Waals surface area contributed by atoms with Gasteiger partial charge in [-0.2, -0.15) is 0 Å². The summed E-state index contributed by atoms with van der Waals surface area (Å²) in [5.74, 6) is 0.348. The molecule has 2 aliphatic rings. The maximum absolute atomic E-state index is 12.7. The summed E-state index contributed by atoms with van der Waals surface area (Å²) in [5, 5.41) is 6.13. The number of hydrogen-bond acceptors (Lipinski definition) is 3. The van der Waals surface area contributed by atoms with E-state index in [1.54, 1.807) is 0 Å². The topological polar surface area (TPSA) is 61.4 Å². The fourth-order valence-electron chi connectivity index (χ4n) is 4.36. The number of piperidine rings is 1. The highest BCUT2D eigenvalue weighted by Gasteiger charge is 2.58.